The number of aromatic carboxylic acids is 1. The van der Waals surface area contributed by atoms with Gasteiger partial charge >= 0.3 is 5.97 Å². The van der Waals surface area contributed by atoms with Crippen molar-refractivity contribution in [2.45, 2.75) is 19.3 Å². The van der Waals surface area contributed by atoms with Gasteiger partial charge in [0.25, 0.3) is 0 Å². The highest BCUT2D eigenvalue weighted by molar-refractivity contribution is 6.01. The fourth-order valence-corrected chi connectivity index (χ4v) is 2.53. The van der Waals surface area contributed by atoms with Crippen molar-refractivity contribution in [1.29, 1.82) is 0 Å². The maximum atomic E-state index is 11.3. The van der Waals surface area contributed by atoms with E-state index in [-0.39, 0.29) is 0 Å². The molecule has 5 heteroatoms. The van der Waals surface area contributed by atoms with E-state index in [0.29, 0.717) is 11.1 Å². The van der Waals surface area contributed by atoms with Crippen molar-refractivity contribution in [3.8, 4) is 0 Å². The van der Waals surface area contributed by atoms with Gasteiger partial charge in [0.1, 0.15) is 11.8 Å². The van der Waals surface area contributed by atoms with E-state index < -0.39 is 5.97 Å². The zero-order chi connectivity index (χ0) is 12.5. The van der Waals surface area contributed by atoms with Crippen LogP contribution < -0.4 is 5.01 Å². The third-order valence-corrected chi connectivity index (χ3v) is 3.42. The second kappa shape index (κ2) is 4.33. The SMILES string of the molecule is O=C(O)c1cccc2ncn(N3CCCCC3)c12. The minimum atomic E-state index is -0.903. The Morgan fingerprint density at radius 2 is 2.00 bits per heavy atom. The number of rotatable bonds is 2. The van der Waals surface area contributed by atoms with E-state index in [4.69, 9.17) is 0 Å². The molecule has 0 spiro atoms. The van der Waals surface area contributed by atoms with Crippen LogP contribution in [0.5, 0.6) is 0 Å². The molecule has 5 nitrogen and oxygen atoms in total. The molecule has 1 fully saturated rings. The van der Waals surface area contributed by atoms with Crippen LogP contribution in [0, 0.1) is 0 Å². The lowest BCUT2D eigenvalue weighted by Crippen LogP contribution is -2.38. The van der Waals surface area contributed by atoms with E-state index in [1.54, 1.807) is 18.5 Å². The Bertz CT molecular complexity index is 585. The Balaban J connectivity index is 2.14. The summed E-state index contributed by atoms with van der Waals surface area (Å²) in [4.78, 5) is 15.6. The molecule has 2 aromatic rings. The molecule has 0 saturated carbocycles. The average molecular weight is 245 g/mol. The number of nitrogens with zero attached hydrogens (tertiary/aromatic N) is 3. The van der Waals surface area contributed by atoms with Crippen LogP contribution in [0.3, 0.4) is 0 Å². The van der Waals surface area contributed by atoms with Crippen LogP contribution in [0.1, 0.15) is 29.6 Å². The standard InChI is InChI=1S/C13H15N3O2/c17-13(18)10-5-4-6-11-12(10)16(9-14-11)15-7-2-1-3-8-15/h4-6,9H,1-3,7-8H2,(H,17,18). The first kappa shape index (κ1) is 11.1. The zero-order valence-electron chi connectivity index (χ0n) is 10.0. The summed E-state index contributed by atoms with van der Waals surface area (Å²) in [5, 5.41) is 11.4. The Kier molecular flexibility index (Phi) is 2.66. The molecule has 0 radical (unpaired) electrons. The first-order valence-corrected chi connectivity index (χ1v) is 6.22. The number of carboxylic acids is 1. The fraction of sp³-hybridized carbons (Fsp3) is 0.385. The highest BCUT2D eigenvalue weighted by Crippen LogP contribution is 2.20. The van der Waals surface area contributed by atoms with Crippen molar-refractivity contribution in [3.05, 3.63) is 30.1 Å². The predicted molar refractivity (Wildman–Crippen MR) is 68.5 cm³/mol. The summed E-state index contributed by atoms with van der Waals surface area (Å²) in [5.74, 6) is -0.903. The number of imidazole rings is 1. The summed E-state index contributed by atoms with van der Waals surface area (Å²) >= 11 is 0. The first-order valence-electron chi connectivity index (χ1n) is 6.22. The van der Waals surface area contributed by atoms with Gasteiger partial charge in [-0.2, -0.15) is 0 Å². The van der Waals surface area contributed by atoms with Gasteiger partial charge in [0, 0.05) is 13.1 Å². The number of aromatic nitrogens is 2. The van der Waals surface area contributed by atoms with E-state index >= 15 is 0 Å². The minimum Gasteiger partial charge on any atom is -0.478 e. The van der Waals surface area contributed by atoms with Gasteiger partial charge in [0.15, 0.2) is 0 Å². The molecule has 1 N–H and O–H groups in total. The van der Waals surface area contributed by atoms with Gasteiger partial charge in [-0.1, -0.05) is 6.07 Å². The molecule has 0 bridgehead atoms. The van der Waals surface area contributed by atoms with Gasteiger partial charge in [0.05, 0.1) is 11.1 Å². The van der Waals surface area contributed by atoms with Gasteiger partial charge in [-0.3, -0.25) is 0 Å². The fourth-order valence-electron chi connectivity index (χ4n) is 2.53. The number of carbonyl (C=O) groups is 1. The number of hydrogen-bond acceptors (Lipinski definition) is 3. The van der Waals surface area contributed by atoms with E-state index in [0.717, 1.165) is 31.4 Å². The average Bonchev–Trinajstić information content (AvgIpc) is 2.83. The highest BCUT2D eigenvalue weighted by Gasteiger charge is 2.18. The molecule has 94 valence electrons. The van der Waals surface area contributed by atoms with Crippen LogP contribution in [0.4, 0.5) is 0 Å². The van der Waals surface area contributed by atoms with Crippen molar-refractivity contribution >= 4 is 17.0 Å². The molecule has 1 aromatic heterocycles. The van der Waals surface area contributed by atoms with E-state index in [1.807, 2.05) is 10.7 Å². The normalized spacial score (nSPS) is 16.1. The molecule has 18 heavy (non-hydrogen) atoms. The summed E-state index contributed by atoms with van der Waals surface area (Å²) in [6, 6.07) is 5.22. The quantitative estimate of drug-likeness (QED) is 0.877. The van der Waals surface area contributed by atoms with Crippen LogP contribution in [-0.2, 0) is 0 Å². The summed E-state index contributed by atoms with van der Waals surface area (Å²) in [5.41, 5.74) is 1.75. The molecular formula is C13H15N3O2. The van der Waals surface area contributed by atoms with Gasteiger partial charge in [-0.25, -0.2) is 14.5 Å². The molecule has 1 aliphatic rings. The van der Waals surface area contributed by atoms with Crippen molar-refractivity contribution in [1.82, 2.24) is 9.66 Å². The summed E-state index contributed by atoms with van der Waals surface area (Å²) in [7, 11) is 0. The second-order valence-corrected chi connectivity index (χ2v) is 4.58. The number of fused-ring (bicyclic) bond motifs is 1. The van der Waals surface area contributed by atoms with Crippen LogP contribution in [-0.4, -0.2) is 33.8 Å². The van der Waals surface area contributed by atoms with Crippen molar-refractivity contribution in [2.24, 2.45) is 0 Å². The largest absolute Gasteiger partial charge is 0.478 e. The van der Waals surface area contributed by atoms with Gasteiger partial charge in [-0.05, 0) is 31.4 Å². The molecule has 0 aliphatic carbocycles. The lowest BCUT2D eigenvalue weighted by molar-refractivity contribution is 0.0698. The molecular weight excluding hydrogens is 230 g/mol. The van der Waals surface area contributed by atoms with Gasteiger partial charge in [-0.15, -0.1) is 0 Å². The van der Waals surface area contributed by atoms with Crippen molar-refractivity contribution in [2.75, 3.05) is 18.1 Å². The van der Waals surface area contributed by atoms with Crippen LogP contribution >= 0.6 is 0 Å². The number of carboxylic acid groups (broad SMARTS) is 1. The smallest absolute Gasteiger partial charge is 0.337 e. The van der Waals surface area contributed by atoms with Crippen LogP contribution in [0.15, 0.2) is 24.5 Å². The third kappa shape index (κ3) is 1.72. The predicted octanol–water partition coefficient (Wildman–Crippen LogP) is 1.86. The minimum absolute atomic E-state index is 0.315. The third-order valence-electron chi connectivity index (χ3n) is 3.42. The van der Waals surface area contributed by atoms with Crippen LogP contribution in [0.2, 0.25) is 0 Å². The number of hydrogen-bond donors (Lipinski definition) is 1. The molecule has 1 aliphatic heterocycles. The lowest BCUT2D eigenvalue weighted by Gasteiger charge is -2.30. The van der Waals surface area contributed by atoms with Crippen molar-refractivity contribution in [3.63, 3.8) is 0 Å². The monoisotopic (exact) mass is 245 g/mol. The summed E-state index contributed by atoms with van der Waals surface area (Å²) < 4.78 is 1.90. The van der Waals surface area contributed by atoms with E-state index in [2.05, 4.69) is 9.99 Å². The molecule has 1 aromatic carbocycles. The highest BCUT2D eigenvalue weighted by atomic mass is 16.4. The maximum absolute atomic E-state index is 11.3. The summed E-state index contributed by atoms with van der Waals surface area (Å²) in [6.45, 7) is 1.92. The van der Waals surface area contributed by atoms with E-state index in [1.165, 1.54) is 6.42 Å². The van der Waals surface area contributed by atoms with Crippen LogP contribution in [0.25, 0.3) is 11.0 Å². The number of para-hydroxylation sites is 1. The lowest BCUT2D eigenvalue weighted by atomic mass is 10.1. The Morgan fingerprint density at radius 1 is 1.22 bits per heavy atom. The second-order valence-electron chi connectivity index (χ2n) is 4.58. The van der Waals surface area contributed by atoms with Gasteiger partial charge < -0.3 is 10.1 Å². The Hall–Kier alpha value is -2.04. The molecule has 0 atom stereocenters. The maximum Gasteiger partial charge on any atom is 0.337 e. The Morgan fingerprint density at radius 3 is 2.72 bits per heavy atom. The zero-order valence-corrected chi connectivity index (χ0v) is 10.0. The summed E-state index contributed by atoms with van der Waals surface area (Å²) in [6.07, 6.45) is 5.27. The van der Waals surface area contributed by atoms with Crippen molar-refractivity contribution < 1.29 is 9.90 Å². The number of piperidine rings is 1. The first-order chi connectivity index (χ1) is 8.77. The molecule has 2 heterocycles. The molecule has 0 unspecified atom stereocenters. The topological polar surface area (TPSA) is 58.4 Å². The van der Waals surface area contributed by atoms with E-state index in [9.17, 15) is 9.90 Å². The van der Waals surface area contributed by atoms with Gasteiger partial charge in [0.2, 0.25) is 0 Å². The number of benzene rings is 1. The molecule has 0 amide bonds. The Labute approximate surface area is 105 Å². The molecule has 1 saturated heterocycles. The molecule has 3 rings (SSSR count).